The minimum absolute atomic E-state index is 0.271. The molecule has 12 heavy (non-hydrogen) atoms. The smallest absolute Gasteiger partial charge is 0.335 e. The molecule has 0 atom stereocenters. The van der Waals surface area contributed by atoms with E-state index >= 15 is 0 Å². The normalized spacial score (nSPS) is 9.42. The van der Waals surface area contributed by atoms with E-state index in [0.29, 0.717) is 0 Å². The summed E-state index contributed by atoms with van der Waals surface area (Å²) in [5, 5.41) is 8.65. The van der Waals surface area contributed by atoms with Crippen molar-refractivity contribution in [1.82, 2.24) is 0 Å². The first-order valence-electron chi connectivity index (χ1n) is 3.30. The lowest BCUT2D eigenvalue weighted by Gasteiger charge is -1.99. The molecule has 0 heterocycles. The van der Waals surface area contributed by atoms with Crippen molar-refractivity contribution in [3.05, 3.63) is 40.4 Å². The molecule has 0 amide bonds. The van der Waals surface area contributed by atoms with Gasteiger partial charge in [-0.3, -0.25) is 0 Å². The van der Waals surface area contributed by atoms with Crippen LogP contribution >= 0.6 is 15.9 Å². The molecule has 1 aromatic rings. The molecular weight excluding hydrogens is 220 g/mol. The number of hydrogen-bond donors (Lipinski definition) is 1. The van der Waals surface area contributed by atoms with Gasteiger partial charge in [-0.25, -0.2) is 4.79 Å². The van der Waals surface area contributed by atoms with Crippen LogP contribution in [0.2, 0.25) is 0 Å². The van der Waals surface area contributed by atoms with E-state index in [1.807, 2.05) is 0 Å². The molecule has 62 valence electrons. The van der Waals surface area contributed by atoms with E-state index in [4.69, 9.17) is 5.11 Å². The van der Waals surface area contributed by atoms with Crippen molar-refractivity contribution in [2.24, 2.45) is 0 Å². The summed E-state index contributed by atoms with van der Waals surface area (Å²) < 4.78 is 0.850. The lowest BCUT2D eigenvalue weighted by atomic mass is 10.1. The minimum atomic E-state index is -0.925. The fourth-order valence-electron chi connectivity index (χ4n) is 0.833. The van der Waals surface area contributed by atoms with Crippen molar-refractivity contribution in [2.45, 2.75) is 0 Å². The van der Waals surface area contributed by atoms with Crippen LogP contribution in [0.1, 0.15) is 15.9 Å². The molecule has 0 radical (unpaired) electrons. The van der Waals surface area contributed by atoms with E-state index in [9.17, 15) is 4.79 Å². The lowest BCUT2D eigenvalue weighted by Crippen LogP contribution is -1.95. The second kappa shape index (κ2) is 3.54. The molecule has 0 aliphatic rings. The van der Waals surface area contributed by atoms with Crippen LogP contribution in [0.15, 0.2) is 29.3 Å². The zero-order valence-corrected chi connectivity index (χ0v) is 7.84. The van der Waals surface area contributed by atoms with Crippen LogP contribution in [0, 0.1) is 0 Å². The molecule has 1 aromatic carbocycles. The monoisotopic (exact) mass is 226 g/mol. The Labute approximate surface area is 78.7 Å². The van der Waals surface area contributed by atoms with Crippen LogP contribution in [-0.4, -0.2) is 11.1 Å². The second-order valence-corrected chi connectivity index (χ2v) is 3.10. The summed E-state index contributed by atoms with van der Waals surface area (Å²) in [5.74, 6) is -0.925. The Morgan fingerprint density at radius 1 is 1.58 bits per heavy atom. The zero-order valence-electron chi connectivity index (χ0n) is 6.25. The van der Waals surface area contributed by atoms with Gasteiger partial charge in [0.1, 0.15) is 0 Å². The molecule has 0 unspecified atom stereocenters. The number of carbonyl (C=O) groups is 1. The van der Waals surface area contributed by atoms with Crippen molar-refractivity contribution >= 4 is 28.0 Å². The first-order valence-corrected chi connectivity index (χ1v) is 4.09. The molecule has 0 aliphatic carbocycles. The zero-order chi connectivity index (χ0) is 9.14. The fourth-order valence-corrected chi connectivity index (χ4v) is 1.24. The van der Waals surface area contributed by atoms with Gasteiger partial charge in [-0.1, -0.05) is 28.6 Å². The van der Waals surface area contributed by atoms with E-state index < -0.39 is 5.97 Å². The van der Waals surface area contributed by atoms with Gasteiger partial charge in [0, 0.05) is 4.47 Å². The SMILES string of the molecule is C=Cc1cc(C(=O)O)ccc1Br. The lowest BCUT2D eigenvalue weighted by molar-refractivity contribution is 0.0697. The van der Waals surface area contributed by atoms with Gasteiger partial charge in [-0.05, 0) is 23.8 Å². The van der Waals surface area contributed by atoms with Crippen molar-refractivity contribution in [3.63, 3.8) is 0 Å². The molecule has 0 aromatic heterocycles. The van der Waals surface area contributed by atoms with Crippen LogP contribution in [0.5, 0.6) is 0 Å². The summed E-state index contributed by atoms with van der Waals surface area (Å²) in [6, 6.07) is 4.80. The molecule has 1 N–H and O–H groups in total. The molecule has 0 fully saturated rings. The number of carboxylic acid groups (broad SMARTS) is 1. The number of carboxylic acids is 1. The molecule has 0 spiro atoms. The molecule has 0 saturated heterocycles. The van der Waals surface area contributed by atoms with Gasteiger partial charge in [0.15, 0.2) is 0 Å². The topological polar surface area (TPSA) is 37.3 Å². The number of halogens is 1. The van der Waals surface area contributed by atoms with Gasteiger partial charge in [0.2, 0.25) is 0 Å². The highest BCUT2D eigenvalue weighted by Crippen LogP contribution is 2.19. The third-order valence-corrected chi connectivity index (χ3v) is 2.19. The van der Waals surface area contributed by atoms with Crippen molar-refractivity contribution in [1.29, 1.82) is 0 Å². The summed E-state index contributed by atoms with van der Waals surface area (Å²) >= 11 is 3.28. The molecule has 0 saturated carbocycles. The molecule has 3 heteroatoms. The van der Waals surface area contributed by atoms with Gasteiger partial charge < -0.3 is 5.11 Å². The first kappa shape index (κ1) is 9.00. The third kappa shape index (κ3) is 1.74. The third-order valence-electron chi connectivity index (χ3n) is 1.46. The summed E-state index contributed by atoms with van der Waals surface area (Å²) in [6.07, 6.45) is 1.61. The van der Waals surface area contributed by atoms with Crippen LogP contribution < -0.4 is 0 Å². The van der Waals surface area contributed by atoms with Crippen molar-refractivity contribution in [3.8, 4) is 0 Å². The first-order chi connectivity index (χ1) is 5.65. The van der Waals surface area contributed by atoms with Crippen LogP contribution in [0.4, 0.5) is 0 Å². The molecule has 2 nitrogen and oxygen atoms in total. The van der Waals surface area contributed by atoms with E-state index in [1.165, 1.54) is 0 Å². The van der Waals surface area contributed by atoms with E-state index in [0.717, 1.165) is 10.0 Å². The van der Waals surface area contributed by atoms with Crippen LogP contribution in [0.25, 0.3) is 6.08 Å². The maximum absolute atomic E-state index is 10.5. The minimum Gasteiger partial charge on any atom is -0.478 e. The van der Waals surface area contributed by atoms with E-state index in [-0.39, 0.29) is 5.56 Å². The average Bonchev–Trinajstić information content (AvgIpc) is 2.05. The molecule has 0 bridgehead atoms. The van der Waals surface area contributed by atoms with Gasteiger partial charge in [0.05, 0.1) is 5.56 Å². The fraction of sp³-hybridized carbons (Fsp3) is 0. The summed E-state index contributed by atoms with van der Waals surface area (Å²) in [6.45, 7) is 3.57. The van der Waals surface area contributed by atoms with Crippen molar-refractivity contribution in [2.75, 3.05) is 0 Å². The Bertz CT molecular complexity index is 331. The maximum atomic E-state index is 10.5. The Morgan fingerprint density at radius 2 is 2.25 bits per heavy atom. The molecule has 0 aliphatic heterocycles. The Kier molecular flexibility index (Phi) is 2.65. The predicted molar refractivity (Wildman–Crippen MR) is 51.2 cm³/mol. The highest BCUT2D eigenvalue weighted by molar-refractivity contribution is 9.10. The summed E-state index contributed by atoms with van der Waals surface area (Å²) in [5.41, 5.74) is 1.06. The largest absolute Gasteiger partial charge is 0.478 e. The Balaban J connectivity index is 3.22. The van der Waals surface area contributed by atoms with Crippen LogP contribution in [-0.2, 0) is 0 Å². The highest BCUT2D eigenvalue weighted by Gasteiger charge is 2.03. The van der Waals surface area contributed by atoms with Crippen molar-refractivity contribution < 1.29 is 9.90 Å². The number of hydrogen-bond acceptors (Lipinski definition) is 1. The Morgan fingerprint density at radius 3 is 2.75 bits per heavy atom. The van der Waals surface area contributed by atoms with E-state index in [1.54, 1.807) is 24.3 Å². The quantitative estimate of drug-likeness (QED) is 0.843. The van der Waals surface area contributed by atoms with Crippen LogP contribution in [0.3, 0.4) is 0 Å². The van der Waals surface area contributed by atoms with Gasteiger partial charge in [-0.2, -0.15) is 0 Å². The number of benzene rings is 1. The second-order valence-electron chi connectivity index (χ2n) is 2.25. The standard InChI is InChI=1S/C9H7BrO2/c1-2-6-5-7(9(11)12)3-4-8(6)10/h2-5H,1H2,(H,11,12). The highest BCUT2D eigenvalue weighted by atomic mass is 79.9. The van der Waals surface area contributed by atoms with Gasteiger partial charge >= 0.3 is 5.97 Å². The molecule has 1 rings (SSSR count). The van der Waals surface area contributed by atoms with E-state index in [2.05, 4.69) is 22.5 Å². The van der Waals surface area contributed by atoms with Gasteiger partial charge in [-0.15, -0.1) is 0 Å². The molecular formula is C9H7BrO2. The maximum Gasteiger partial charge on any atom is 0.335 e. The van der Waals surface area contributed by atoms with Gasteiger partial charge in [0.25, 0.3) is 0 Å². The average molecular weight is 227 g/mol. The number of aromatic carboxylic acids is 1. The Hall–Kier alpha value is -1.09. The summed E-state index contributed by atoms with van der Waals surface area (Å²) in [4.78, 5) is 10.5. The number of rotatable bonds is 2. The summed E-state index contributed by atoms with van der Waals surface area (Å²) in [7, 11) is 0. The predicted octanol–water partition coefficient (Wildman–Crippen LogP) is 2.79.